The zero-order chi connectivity index (χ0) is 24.6. The number of nitrogens with two attached hydrogens (primary N) is 1. The van der Waals surface area contributed by atoms with E-state index in [9.17, 15) is 14.4 Å². The fourth-order valence-corrected chi connectivity index (χ4v) is 3.03. The molecule has 0 aliphatic carbocycles. The third-order valence-corrected chi connectivity index (χ3v) is 4.34. The molecule has 0 aliphatic rings. The largest absolute Gasteiger partial charge is 0.466 e. The first-order chi connectivity index (χ1) is 15.5. The molecule has 33 heavy (non-hydrogen) atoms. The minimum Gasteiger partial charge on any atom is -0.466 e. The summed E-state index contributed by atoms with van der Waals surface area (Å²) in [5.74, 6) is -2.43. The summed E-state index contributed by atoms with van der Waals surface area (Å²) in [5.41, 5.74) is 6.63. The normalized spacial score (nSPS) is 11.8. The highest BCUT2D eigenvalue weighted by Crippen LogP contribution is 2.25. The van der Waals surface area contributed by atoms with Gasteiger partial charge in [-0.15, -0.1) is 0 Å². The van der Waals surface area contributed by atoms with E-state index < -0.39 is 23.5 Å². The van der Waals surface area contributed by atoms with Crippen LogP contribution in [0.1, 0.15) is 56.0 Å². The summed E-state index contributed by atoms with van der Waals surface area (Å²) in [6.45, 7) is 7.16. The van der Waals surface area contributed by atoms with Crippen LogP contribution in [-0.2, 0) is 19.1 Å². The van der Waals surface area contributed by atoms with Gasteiger partial charge in [-0.3, -0.25) is 19.8 Å². The molecule has 2 aromatic rings. The van der Waals surface area contributed by atoms with Gasteiger partial charge in [0.25, 0.3) is 5.91 Å². The van der Waals surface area contributed by atoms with Crippen LogP contribution in [-0.4, -0.2) is 36.0 Å². The lowest BCUT2D eigenvalue weighted by atomic mass is 9.95. The van der Waals surface area contributed by atoms with Crippen molar-refractivity contribution in [2.75, 3.05) is 17.2 Å². The van der Waals surface area contributed by atoms with Gasteiger partial charge in [0.05, 0.1) is 18.9 Å². The van der Waals surface area contributed by atoms with E-state index in [0.29, 0.717) is 22.5 Å². The lowest BCUT2D eigenvalue weighted by molar-refractivity contribution is -0.159. The molecule has 0 saturated heterocycles. The van der Waals surface area contributed by atoms with Crippen LogP contribution in [0.5, 0.6) is 0 Å². The molecule has 1 amide bonds. The number of benzene rings is 2. The third-order valence-electron chi connectivity index (χ3n) is 4.34. The molecule has 1 unspecified atom stereocenters. The average molecular weight is 455 g/mol. The maximum Gasteiger partial charge on any atom is 0.313 e. The number of carbonyl (C=O) groups excluding carboxylic acids is 3. The van der Waals surface area contributed by atoms with Crippen LogP contribution in [0.4, 0.5) is 11.4 Å². The maximum atomic E-state index is 12.6. The van der Waals surface area contributed by atoms with Crippen molar-refractivity contribution >= 4 is 35.2 Å². The molecule has 176 valence electrons. The quantitative estimate of drug-likeness (QED) is 0.271. The summed E-state index contributed by atoms with van der Waals surface area (Å²) in [7, 11) is 0. The molecule has 9 heteroatoms. The van der Waals surface area contributed by atoms with Crippen molar-refractivity contribution in [2.45, 2.75) is 45.6 Å². The molecule has 0 radical (unpaired) electrons. The van der Waals surface area contributed by atoms with E-state index >= 15 is 0 Å². The van der Waals surface area contributed by atoms with Crippen LogP contribution in [0.15, 0.2) is 48.5 Å². The van der Waals surface area contributed by atoms with Crippen LogP contribution in [0.2, 0.25) is 0 Å². The Balaban J connectivity index is 2.14. The highest BCUT2D eigenvalue weighted by Gasteiger charge is 2.28. The topological polar surface area (TPSA) is 144 Å². The number of carbonyl (C=O) groups is 3. The number of amides is 1. The molecular weight excluding hydrogens is 424 g/mol. The monoisotopic (exact) mass is 454 g/mol. The van der Waals surface area contributed by atoms with Crippen LogP contribution in [0.25, 0.3) is 0 Å². The first-order valence-corrected chi connectivity index (χ1v) is 10.5. The Bertz CT molecular complexity index is 1010. The molecule has 5 N–H and O–H groups in total. The zero-order valence-corrected chi connectivity index (χ0v) is 19.2. The number of hydrogen-bond donors (Lipinski definition) is 4. The molecule has 0 aliphatic heterocycles. The Morgan fingerprint density at radius 1 is 1.03 bits per heavy atom. The van der Waals surface area contributed by atoms with Crippen LogP contribution >= 0.6 is 0 Å². The second-order valence-electron chi connectivity index (χ2n) is 8.29. The van der Waals surface area contributed by atoms with Gasteiger partial charge in [0, 0.05) is 16.9 Å². The molecule has 0 spiro atoms. The van der Waals surface area contributed by atoms with Crippen LogP contribution in [0, 0.1) is 5.41 Å². The first-order valence-electron chi connectivity index (χ1n) is 10.5. The second-order valence-corrected chi connectivity index (χ2v) is 8.29. The highest BCUT2D eigenvalue weighted by atomic mass is 16.6. The fraction of sp³-hybridized carbons (Fsp3) is 0.333. The minimum absolute atomic E-state index is 0.155. The van der Waals surface area contributed by atoms with Crippen LogP contribution in [0.3, 0.4) is 0 Å². The van der Waals surface area contributed by atoms with Gasteiger partial charge in [-0.1, -0.05) is 18.2 Å². The molecular formula is C24H30N4O5. The van der Waals surface area contributed by atoms with Gasteiger partial charge in [0.1, 0.15) is 5.60 Å². The number of anilines is 2. The zero-order valence-electron chi connectivity index (χ0n) is 19.2. The van der Waals surface area contributed by atoms with Crippen molar-refractivity contribution in [3.63, 3.8) is 0 Å². The molecule has 1 atom stereocenters. The molecule has 2 aromatic carbocycles. The van der Waals surface area contributed by atoms with E-state index in [2.05, 4.69) is 10.6 Å². The van der Waals surface area contributed by atoms with Crippen molar-refractivity contribution in [3.05, 3.63) is 59.7 Å². The SMILES string of the molecule is CCOC(=O)C(CC(=O)OC(C)(C)C)c1ccc(NC(=O)c2cccc(NC(=N)N)c2)cc1. The van der Waals surface area contributed by atoms with Crippen molar-refractivity contribution in [3.8, 4) is 0 Å². The molecule has 9 nitrogen and oxygen atoms in total. The predicted octanol–water partition coefficient (Wildman–Crippen LogP) is 3.62. The van der Waals surface area contributed by atoms with Gasteiger partial charge in [-0.25, -0.2) is 0 Å². The molecule has 2 rings (SSSR count). The number of ether oxygens (including phenoxy) is 2. The number of esters is 2. The Morgan fingerprint density at radius 3 is 2.27 bits per heavy atom. The molecule has 0 saturated carbocycles. The Morgan fingerprint density at radius 2 is 1.70 bits per heavy atom. The Kier molecular flexibility index (Phi) is 8.56. The van der Waals surface area contributed by atoms with Gasteiger partial charge >= 0.3 is 11.9 Å². The number of guanidine groups is 1. The number of hydrogen-bond acceptors (Lipinski definition) is 6. The van der Waals surface area contributed by atoms with Gasteiger partial charge in [0.15, 0.2) is 5.96 Å². The van der Waals surface area contributed by atoms with E-state index in [4.69, 9.17) is 20.6 Å². The summed E-state index contributed by atoms with van der Waals surface area (Å²) >= 11 is 0. The van der Waals surface area contributed by atoms with Gasteiger partial charge in [-0.2, -0.15) is 0 Å². The Labute approximate surface area is 193 Å². The lowest BCUT2D eigenvalue weighted by Gasteiger charge is -2.22. The predicted molar refractivity (Wildman–Crippen MR) is 126 cm³/mol. The average Bonchev–Trinajstić information content (AvgIpc) is 2.71. The van der Waals surface area contributed by atoms with E-state index in [1.54, 1.807) is 76.2 Å². The third kappa shape index (κ3) is 8.29. The van der Waals surface area contributed by atoms with E-state index in [1.165, 1.54) is 0 Å². The van der Waals surface area contributed by atoms with E-state index in [0.717, 1.165) is 0 Å². The molecule has 0 bridgehead atoms. The fourth-order valence-electron chi connectivity index (χ4n) is 3.03. The van der Waals surface area contributed by atoms with Crippen LogP contribution < -0.4 is 16.4 Å². The minimum atomic E-state index is -0.820. The Hall–Kier alpha value is -3.88. The lowest BCUT2D eigenvalue weighted by Crippen LogP contribution is -2.27. The van der Waals surface area contributed by atoms with Crippen molar-refractivity contribution < 1.29 is 23.9 Å². The second kappa shape index (κ2) is 11.1. The standard InChI is InChI=1S/C24H30N4O5/c1-5-32-22(31)19(14-20(29)33-24(2,3)4)15-9-11-17(12-10-15)27-21(30)16-7-6-8-18(13-16)28-23(25)26/h6-13,19H,5,14H2,1-4H3,(H,27,30)(H4,25,26,28). The summed E-state index contributed by atoms with van der Waals surface area (Å²) in [6, 6.07) is 13.2. The molecule has 0 fully saturated rings. The van der Waals surface area contributed by atoms with Crippen molar-refractivity contribution in [1.29, 1.82) is 5.41 Å². The highest BCUT2D eigenvalue weighted by molar-refractivity contribution is 6.05. The molecule has 0 heterocycles. The van der Waals surface area contributed by atoms with E-state index in [1.807, 2.05) is 0 Å². The van der Waals surface area contributed by atoms with Gasteiger partial charge in [0.2, 0.25) is 0 Å². The molecule has 0 aromatic heterocycles. The maximum absolute atomic E-state index is 12.6. The summed E-state index contributed by atoms with van der Waals surface area (Å²) in [6.07, 6.45) is -0.155. The summed E-state index contributed by atoms with van der Waals surface area (Å²) in [4.78, 5) is 37.4. The van der Waals surface area contributed by atoms with Gasteiger partial charge < -0.3 is 25.8 Å². The van der Waals surface area contributed by atoms with E-state index in [-0.39, 0.29) is 24.9 Å². The van der Waals surface area contributed by atoms with Crippen molar-refractivity contribution in [1.82, 2.24) is 0 Å². The summed E-state index contributed by atoms with van der Waals surface area (Å²) < 4.78 is 10.5. The smallest absolute Gasteiger partial charge is 0.313 e. The van der Waals surface area contributed by atoms with Crippen molar-refractivity contribution in [2.24, 2.45) is 5.73 Å². The first kappa shape index (κ1) is 25.4. The number of rotatable bonds is 8. The summed E-state index contributed by atoms with van der Waals surface area (Å²) in [5, 5.41) is 12.7. The number of nitrogens with one attached hydrogen (secondary N) is 3. The van der Waals surface area contributed by atoms with Gasteiger partial charge in [-0.05, 0) is 63.6 Å².